The maximum absolute atomic E-state index is 5.18. The Labute approximate surface area is 81.8 Å². The van der Waals surface area contributed by atoms with Crippen LogP contribution in [0.4, 0.5) is 0 Å². The molecule has 3 heteroatoms. The minimum absolute atomic E-state index is 0.809. The Bertz CT molecular complexity index is 143. The fourth-order valence-corrected chi connectivity index (χ4v) is 1.38. The van der Waals surface area contributed by atoms with Crippen molar-refractivity contribution in [2.75, 3.05) is 13.6 Å². The number of nitrogens with zero attached hydrogens (tertiary/aromatic N) is 1. The maximum Gasteiger partial charge on any atom is 0.0345 e. The summed E-state index contributed by atoms with van der Waals surface area (Å²) in [6, 6.07) is 0. The van der Waals surface area contributed by atoms with Crippen LogP contribution in [-0.4, -0.2) is 19.3 Å². The second-order valence-corrected chi connectivity index (χ2v) is 3.57. The molecule has 0 aromatic rings. The van der Waals surface area contributed by atoms with Crippen molar-refractivity contribution in [1.29, 1.82) is 0 Å². The highest BCUT2D eigenvalue weighted by Gasteiger charge is 2.05. The molecule has 0 aliphatic carbocycles. The van der Waals surface area contributed by atoms with E-state index in [0.29, 0.717) is 0 Å². The molecule has 0 amide bonds. The molecule has 0 bridgehead atoms. The van der Waals surface area contributed by atoms with Gasteiger partial charge in [-0.1, -0.05) is 13.3 Å². The molecule has 1 unspecified atom stereocenters. The number of hydrazone groups is 1. The number of rotatable bonds is 7. The van der Waals surface area contributed by atoms with E-state index < -0.39 is 0 Å². The molecule has 0 saturated carbocycles. The van der Waals surface area contributed by atoms with Crippen LogP contribution in [0.1, 0.15) is 39.5 Å². The van der Waals surface area contributed by atoms with E-state index >= 15 is 0 Å². The average Bonchev–Trinajstić information content (AvgIpc) is 2.17. The summed E-state index contributed by atoms with van der Waals surface area (Å²) in [6.45, 7) is 5.34. The van der Waals surface area contributed by atoms with E-state index in [1.54, 1.807) is 0 Å². The van der Waals surface area contributed by atoms with Gasteiger partial charge in [0.1, 0.15) is 0 Å². The summed E-state index contributed by atoms with van der Waals surface area (Å²) in [5, 5.41) is 6.86. The molecule has 0 spiro atoms. The molecule has 0 radical (unpaired) electrons. The third kappa shape index (κ3) is 6.58. The van der Waals surface area contributed by atoms with Crippen molar-refractivity contribution in [2.45, 2.75) is 39.5 Å². The van der Waals surface area contributed by atoms with Gasteiger partial charge in [-0.25, -0.2) is 0 Å². The second-order valence-electron chi connectivity index (χ2n) is 3.57. The van der Waals surface area contributed by atoms with Crippen molar-refractivity contribution in [3.05, 3.63) is 0 Å². The van der Waals surface area contributed by atoms with E-state index in [4.69, 9.17) is 5.84 Å². The number of nitrogens with one attached hydrogen (secondary N) is 1. The van der Waals surface area contributed by atoms with Crippen molar-refractivity contribution in [2.24, 2.45) is 16.9 Å². The summed E-state index contributed by atoms with van der Waals surface area (Å²) in [4.78, 5) is 0. The van der Waals surface area contributed by atoms with E-state index in [9.17, 15) is 0 Å². The third-order valence-corrected chi connectivity index (χ3v) is 2.51. The van der Waals surface area contributed by atoms with Crippen LogP contribution in [0.15, 0.2) is 5.10 Å². The van der Waals surface area contributed by atoms with Gasteiger partial charge in [0.15, 0.2) is 0 Å². The van der Waals surface area contributed by atoms with Gasteiger partial charge in [-0.2, -0.15) is 5.10 Å². The minimum atomic E-state index is 0.809. The monoisotopic (exact) mass is 185 g/mol. The first kappa shape index (κ1) is 12.4. The van der Waals surface area contributed by atoms with Gasteiger partial charge in [-0.3, -0.25) is 0 Å². The molecule has 0 aromatic heterocycles. The topological polar surface area (TPSA) is 50.4 Å². The average molecular weight is 185 g/mol. The van der Waals surface area contributed by atoms with Gasteiger partial charge in [-0.05, 0) is 45.7 Å². The Morgan fingerprint density at radius 2 is 2.15 bits per heavy atom. The van der Waals surface area contributed by atoms with Crippen molar-refractivity contribution in [1.82, 2.24) is 5.32 Å². The van der Waals surface area contributed by atoms with Crippen LogP contribution in [0.2, 0.25) is 0 Å². The Morgan fingerprint density at radius 3 is 2.62 bits per heavy atom. The molecule has 0 rings (SSSR count). The zero-order valence-electron chi connectivity index (χ0n) is 9.14. The minimum Gasteiger partial charge on any atom is -0.323 e. The summed E-state index contributed by atoms with van der Waals surface area (Å²) < 4.78 is 0. The van der Waals surface area contributed by atoms with Gasteiger partial charge in [-0.15, -0.1) is 0 Å². The number of nitrogens with two attached hydrogens (primary N) is 1. The largest absolute Gasteiger partial charge is 0.323 e. The highest BCUT2D eigenvalue weighted by molar-refractivity contribution is 5.81. The van der Waals surface area contributed by atoms with E-state index in [2.05, 4.69) is 17.3 Å². The molecule has 78 valence electrons. The fraction of sp³-hybridized carbons (Fsp3) is 0.900. The Balaban J connectivity index is 3.59. The van der Waals surface area contributed by atoms with Gasteiger partial charge in [0, 0.05) is 5.71 Å². The molecule has 3 N–H and O–H groups in total. The smallest absolute Gasteiger partial charge is 0.0345 e. The van der Waals surface area contributed by atoms with Crippen LogP contribution in [-0.2, 0) is 0 Å². The van der Waals surface area contributed by atoms with Crippen LogP contribution >= 0.6 is 0 Å². The standard InChI is InChI=1S/C10H23N3/c1-4-10(7-8-12-3)6-5-9(2)13-11/h10,12H,4-8,11H2,1-3H3/b13-9-. The van der Waals surface area contributed by atoms with Gasteiger partial charge >= 0.3 is 0 Å². The molecule has 0 fully saturated rings. The number of hydrogen-bond acceptors (Lipinski definition) is 3. The first-order valence-corrected chi connectivity index (χ1v) is 5.12. The second kappa shape index (κ2) is 8.05. The molecule has 1 atom stereocenters. The van der Waals surface area contributed by atoms with Crippen LogP contribution in [0.3, 0.4) is 0 Å². The van der Waals surface area contributed by atoms with Crippen molar-refractivity contribution in [3.63, 3.8) is 0 Å². The van der Waals surface area contributed by atoms with Gasteiger partial charge < -0.3 is 11.2 Å². The highest BCUT2D eigenvalue weighted by atomic mass is 15.1. The molecule has 13 heavy (non-hydrogen) atoms. The zero-order chi connectivity index (χ0) is 10.1. The lowest BCUT2D eigenvalue weighted by Gasteiger charge is -2.13. The summed E-state index contributed by atoms with van der Waals surface area (Å²) in [5.74, 6) is 5.98. The van der Waals surface area contributed by atoms with Gasteiger partial charge in [0.05, 0.1) is 0 Å². The Kier molecular flexibility index (Phi) is 7.69. The van der Waals surface area contributed by atoms with Gasteiger partial charge in [0.25, 0.3) is 0 Å². The van der Waals surface area contributed by atoms with Gasteiger partial charge in [0.2, 0.25) is 0 Å². The summed E-state index contributed by atoms with van der Waals surface area (Å²) >= 11 is 0. The highest BCUT2D eigenvalue weighted by Crippen LogP contribution is 2.14. The van der Waals surface area contributed by atoms with E-state index in [0.717, 1.165) is 24.6 Å². The molecule has 0 aliphatic heterocycles. The molecule has 0 saturated heterocycles. The van der Waals surface area contributed by atoms with Crippen LogP contribution in [0.5, 0.6) is 0 Å². The molecule has 0 aromatic carbocycles. The third-order valence-electron chi connectivity index (χ3n) is 2.51. The molecule has 3 nitrogen and oxygen atoms in total. The van der Waals surface area contributed by atoms with Crippen molar-refractivity contribution in [3.8, 4) is 0 Å². The lowest BCUT2D eigenvalue weighted by Crippen LogP contribution is -2.13. The molecular formula is C10H23N3. The van der Waals surface area contributed by atoms with E-state index in [-0.39, 0.29) is 0 Å². The maximum atomic E-state index is 5.18. The summed E-state index contributed by atoms with van der Waals surface area (Å²) in [6.07, 6.45) is 4.76. The molecule has 0 aliphatic rings. The van der Waals surface area contributed by atoms with E-state index in [1.807, 2.05) is 14.0 Å². The van der Waals surface area contributed by atoms with Crippen LogP contribution in [0.25, 0.3) is 0 Å². The van der Waals surface area contributed by atoms with E-state index in [1.165, 1.54) is 19.3 Å². The van der Waals surface area contributed by atoms with Crippen LogP contribution in [0, 0.1) is 5.92 Å². The summed E-state index contributed by atoms with van der Waals surface area (Å²) in [5.41, 5.74) is 1.06. The van der Waals surface area contributed by atoms with Crippen molar-refractivity contribution >= 4 is 5.71 Å². The Morgan fingerprint density at radius 1 is 1.46 bits per heavy atom. The lowest BCUT2D eigenvalue weighted by atomic mass is 9.95. The summed E-state index contributed by atoms with van der Waals surface area (Å²) in [7, 11) is 2.00. The first-order valence-electron chi connectivity index (χ1n) is 5.12. The molecule has 0 heterocycles. The number of hydrogen-bond donors (Lipinski definition) is 2. The predicted molar refractivity (Wildman–Crippen MR) is 58.9 cm³/mol. The quantitative estimate of drug-likeness (QED) is 0.360. The molecular weight excluding hydrogens is 162 g/mol. The SMILES string of the molecule is CCC(CCNC)CC/C(C)=N\N. The fourth-order valence-electron chi connectivity index (χ4n) is 1.38. The predicted octanol–water partition coefficient (Wildman–Crippen LogP) is 1.74. The van der Waals surface area contributed by atoms with Crippen molar-refractivity contribution < 1.29 is 0 Å². The zero-order valence-corrected chi connectivity index (χ0v) is 9.14. The van der Waals surface area contributed by atoms with Crippen LogP contribution < -0.4 is 11.2 Å². The first-order chi connectivity index (χ1) is 6.24. The normalized spacial score (nSPS) is 14.5. The Hall–Kier alpha value is -0.570. The lowest BCUT2D eigenvalue weighted by molar-refractivity contribution is 0.437.